The molecule has 42 heavy (non-hydrogen) atoms. The second-order valence-corrected chi connectivity index (χ2v) is 13.0. The molecule has 7 nitrogen and oxygen atoms in total. The first-order valence-electron chi connectivity index (χ1n) is 14.9. The Morgan fingerprint density at radius 1 is 0.905 bits per heavy atom. The van der Waals surface area contributed by atoms with Gasteiger partial charge in [-0.2, -0.15) is 4.79 Å². The van der Waals surface area contributed by atoms with Gasteiger partial charge in [-0.15, -0.1) is 0 Å². The van der Waals surface area contributed by atoms with Gasteiger partial charge < -0.3 is 15.0 Å². The summed E-state index contributed by atoms with van der Waals surface area (Å²) >= 11 is 0. The number of hydrogen-bond donors (Lipinski definition) is 0. The first-order valence-corrected chi connectivity index (χ1v) is 16.4. The molecule has 0 saturated heterocycles. The minimum Gasteiger partial charge on any atom is -0.490 e. The van der Waals surface area contributed by atoms with Crippen LogP contribution in [-0.2, 0) is 21.1 Å². The molecule has 8 heteroatoms. The average molecular weight is 589 g/mol. The summed E-state index contributed by atoms with van der Waals surface area (Å²) in [6, 6.07) is 15.9. The number of ether oxygens (including phenoxy) is 2. The fourth-order valence-electron chi connectivity index (χ4n) is 5.41. The summed E-state index contributed by atoms with van der Waals surface area (Å²) in [4.78, 5) is 16.5. The highest BCUT2D eigenvalue weighted by Gasteiger charge is 2.52. The Morgan fingerprint density at radius 2 is 1.55 bits per heavy atom. The number of rotatable bonds is 16. The minimum atomic E-state index is -4.30. The van der Waals surface area contributed by atoms with Crippen molar-refractivity contribution in [2.75, 3.05) is 13.2 Å². The lowest BCUT2D eigenvalue weighted by molar-refractivity contribution is -0.117. The van der Waals surface area contributed by atoms with Gasteiger partial charge in [-0.3, -0.25) is 4.79 Å². The maximum atomic E-state index is 14.4. The van der Waals surface area contributed by atoms with Crippen LogP contribution in [0.5, 0.6) is 11.5 Å². The summed E-state index contributed by atoms with van der Waals surface area (Å²) in [6.45, 7) is 5.39. The van der Waals surface area contributed by atoms with Crippen molar-refractivity contribution >= 4 is 38.7 Å². The van der Waals surface area contributed by atoms with Crippen LogP contribution in [0.1, 0.15) is 76.3 Å². The average Bonchev–Trinajstić information content (AvgIpc) is 3.00. The van der Waals surface area contributed by atoms with E-state index in [0.717, 1.165) is 62.3 Å². The molecule has 0 aliphatic heterocycles. The van der Waals surface area contributed by atoms with Crippen molar-refractivity contribution in [3.8, 4) is 11.5 Å². The third-order valence-corrected chi connectivity index (χ3v) is 10.2. The summed E-state index contributed by atoms with van der Waals surface area (Å²) in [6.07, 6.45) is 12.1. The number of fused-ring (bicyclic) bond motifs is 2. The fraction of sp³-hybridized carbons (Fsp3) is 0.412. The molecule has 4 rings (SSSR count). The van der Waals surface area contributed by atoms with E-state index in [1.165, 1.54) is 12.1 Å². The van der Waals surface area contributed by atoms with Crippen LogP contribution in [0.25, 0.3) is 22.4 Å². The van der Waals surface area contributed by atoms with E-state index in [2.05, 4.69) is 18.6 Å². The zero-order valence-corrected chi connectivity index (χ0v) is 25.4. The van der Waals surface area contributed by atoms with Crippen molar-refractivity contribution in [3.63, 3.8) is 0 Å². The number of Topliss-reactive ketones (excluding diaryl/α,β-unsaturated/α-hetero) is 1. The van der Waals surface area contributed by atoms with Gasteiger partial charge in [-0.1, -0.05) is 101 Å². The molecule has 222 valence electrons. The van der Waals surface area contributed by atoms with Crippen molar-refractivity contribution in [3.05, 3.63) is 77.3 Å². The zero-order chi connectivity index (χ0) is 30.0. The van der Waals surface area contributed by atoms with Crippen molar-refractivity contribution < 1.29 is 27.5 Å². The second kappa shape index (κ2) is 14.4. The number of benzene rings is 3. The molecule has 1 aliphatic rings. The summed E-state index contributed by atoms with van der Waals surface area (Å²) in [7, 11) is -4.30. The smallest absolute Gasteiger partial charge is 0.325 e. The Labute approximate surface area is 249 Å². The first-order chi connectivity index (χ1) is 20.4. The van der Waals surface area contributed by atoms with Crippen LogP contribution in [-0.4, -0.2) is 43.2 Å². The molecule has 0 aromatic heterocycles. The Morgan fingerprint density at radius 3 is 2.21 bits per heavy atom. The number of unbranched alkanes of at least 4 members (excludes halogenated alkanes) is 6. The van der Waals surface area contributed by atoms with Crippen LogP contribution in [0.3, 0.4) is 0 Å². The van der Waals surface area contributed by atoms with Crippen LogP contribution in [0, 0.1) is 0 Å². The third-order valence-electron chi connectivity index (χ3n) is 7.81. The van der Waals surface area contributed by atoms with Crippen molar-refractivity contribution in [1.82, 2.24) is 0 Å². The largest absolute Gasteiger partial charge is 0.490 e. The molecular formula is C34H40N2O5S. The van der Waals surface area contributed by atoms with Gasteiger partial charge in [0.1, 0.15) is 0 Å². The van der Waals surface area contributed by atoms with Gasteiger partial charge in [0.05, 0.1) is 18.1 Å². The van der Waals surface area contributed by atoms with E-state index in [-0.39, 0.29) is 11.3 Å². The van der Waals surface area contributed by atoms with E-state index in [0.29, 0.717) is 41.9 Å². The number of sulfone groups is 1. The summed E-state index contributed by atoms with van der Waals surface area (Å²) in [5, 5.41) is 1.27. The molecule has 1 atom stereocenters. The van der Waals surface area contributed by atoms with Gasteiger partial charge in [0.25, 0.3) is 5.78 Å². The van der Waals surface area contributed by atoms with Crippen LogP contribution < -0.4 is 9.47 Å². The highest BCUT2D eigenvalue weighted by atomic mass is 32.2. The van der Waals surface area contributed by atoms with Gasteiger partial charge in [0.2, 0.25) is 0 Å². The van der Waals surface area contributed by atoms with Crippen molar-refractivity contribution in [1.29, 1.82) is 0 Å². The third kappa shape index (κ3) is 6.66. The van der Waals surface area contributed by atoms with E-state index >= 15 is 0 Å². The molecule has 0 fully saturated rings. The predicted molar refractivity (Wildman–Crippen MR) is 167 cm³/mol. The van der Waals surface area contributed by atoms with Gasteiger partial charge in [0, 0.05) is 11.8 Å². The lowest BCUT2D eigenvalue weighted by Crippen LogP contribution is -2.48. The molecule has 0 N–H and O–H groups in total. The standard InChI is InChI=1S/C34H40N2O5S/c1-3-5-7-11-20-40-30-22-27-18-19-34(33(37)25-36-35,24-28(27)23-31(30)41-21-12-8-6-4-2)42(38,39)32-17-13-15-26-14-9-10-16-29(26)32/h9-10,13-19,22-23,25H,3-8,11-12,20-21,24H2,1-2H3. The molecule has 3 aromatic carbocycles. The highest BCUT2D eigenvalue weighted by Crippen LogP contribution is 2.42. The molecule has 0 amide bonds. The van der Waals surface area contributed by atoms with Crippen LogP contribution in [0.2, 0.25) is 0 Å². The Kier molecular flexibility index (Phi) is 10.7. The van der Waals surface area contributed by atoms with Crippen LogP contribution in [0.15, 0.2) is 65.6 Å². The van der Waals surface area contributed by atoms with E-state index in [9.17, 15) is 18.7 Å². The molecule has 0 radical (unpaired) electrons. The number of ketones is 1. The highest BCUT2D eigenvalue weighted by molar-refractivity contribution is 7.94. The quantitative estimate of drug-likeness (QED) is 0.0750. The van der Waals surface area contributed by atoms with Crippen LogP contribution >= 0.6 is 0 Å². The Hall–Kier alpha value is -3.74. The van der Waals surface area contributed by atoms with Crippen molar-refractivity contribution in [2.45, 2.75) is 81.3 Å². The minimum absolute atomic E-state index is 0.0489. The molecule has 0 spiro atoms. The number of hydrogen-bond acceptors (Lipinski definition) is 5. The lowest BCUT2D eigenvalue weighted by atomic mass is 9.86. The summed E-state index contributed by atoms with van der Waals surface area (Å²) in [5.41, 5.74) is 10.7. The van der Waals surface area contributed by atoms with E-state index < -0.39 is 20.4 Å². The predicted octanol–water partition coefficient (Wildman–Crippen LogP) is 7.41. The summed E-state index contributed by atoms with van der Waals surface area (Å²) < 4.78 is 39.2. The molecule has 1 aliphatic carbocycles. The zero-order valence-electron chi connectivity index (χ0n) is 24.6. The summed E-state index contributed by atoms with van der Waals surface area (Å²) in [5.74, 6) is 0.326. The molecule has 1 unspecified atom stereocenters. The molecule has 0 bridgehead atoms. The fourth-order valence-corrected chi connectivity index (χ4v) is 7.45. The monoisotopic (exact) mass is 588 g/mol. The number of nitrogens with zero attached hydrogens (tertiary/aromatic N) is 2. The molecule has 3 aromatic rings. The maximum Gasteiger partial charge on any atom is 0.325 e. The normalized spacial score (nSPS) is 16.0. The van der Waals surface area contributed by atoms with Gasteiger partial charge in [-0.05, 0) is 47.6 Å². The topological polar surface area (TPSA) is 106 Å². The maximum absolute atomic E-state index is 14.4. The van der Waals surface area contributed by atoms with Crippen LogP contribution in [0.4, 0.5) is 0 Å². The number of carbonyl (C=O) groups is 1. The Bertz CT molecular complexity index is 1590. The molecule has 0 saturated carbocycles. The van der Waals surface area contributed by atoms with E-state index in [4.69, 9.17) is 9.47 Å². The van der Waals surface area contributed by atoms with Crippen molar-refractivity contribution in [2.24, 2.45) is 0 Å². The van der Waals surface area contributed by atoms with E-state index in [1.54, 1.807) is 30.3 Å². The SMILES string of the molecule is CCCCCCOc1cc2c(cc1OCCCCCC)CC(C(=O)C=[N+]=[N-])(S(=O)(=O)c1cccc3ccccc13)C=C2. The number of carbonyl (C=O) groups excluding carboxylic acids is 1. The second-order valence-electron chi connectivity index (χ2n) is 10.8. The lowest BCUT2D eigenvalue weighted by Gasteiger charge is -2.31. The van der Waals surface area contributed by atoms with E-state index in [1.807, 2.05) is 24.3 Å². The van der Waals surface area contributed by atoms with Gasteiger partial charge in [-0.25, -0.2) is 8.42 Å². The first kappa shape index (κ1) is 31.2. The molecule has 0 heterocycles. The Balaban J connectivity index is 1.75. The van der Waals surface area contributed by atoms with Gasteiger partial charge in [0.15, 0.2) is 26.1 Å². The van der Waals surface area contributed by atoms with Gasteiger partial charge >= 0.3 is 6.21 Å². The molecular weight excluding hydrogens is 548 g/mol.